The lowest BCUT2D eigenvalue weighted by Crippen LogP contribution is -2.30. The molecule has 0 aromatic rings. The minimum atomic E-state index is 0.214. The molecule has 96 valence electrons. The molecule has 0 aromatic carbocycles. The van der Waals surface area contributed by atoms with Crippen LogP contribution < -0.4 is 0 Å². The van der Waals surface area contributed by atoms with Crippen molar-refractivity contribution >= 4 is 5.91 Å². The average Bonchev–Trinajstić information content (AvgIpc) is 2.69. The number of hydrogen-bond acceptors (Lipinski definition) is 2. The van der Waals surface area contributed by atoms with Gasteiger partial charge >= 0.3 is 0 Å². The normalized spacial score (nSPS) is 23.2. The number of nitrogens with zero attached hydrogens (tertiary/aromatic N) is 2. The Kier molecular flexibility index (Phi) is 5.05. The van der Waals surface area contributed by atoms with E-state index >= 15 is 0 Å². The summed E-state index contributed by atoms with van der Waals surface area (Å²) in [5, 5.41) is 0. The van der Waals surface area contributed by atoms with Gasteiger partial charge in [-0.1, -0.05) is 18.9 Å². The number of likely N-dealkylation sites (tertiary alicyclic amines) is 2. The van der Waals surface area contributed by atoms with Crippen LogP contribution in [0.5, 0.6) is 0 Å². The average molecular weight is 236 g/mol. The van der Waals surface area contributed by atoms with Crippen molar-refractivity contribution < 1.29 is 4.79 Å². The molecule has 0 atom stereocenters. The van der Waals surface area contributed by atoms with Crippen molar-refractivity contribution in [2.24, 2.45) is 0 Å². The number of amides is 1. The Morgan fingerprint density at radius 1 is 0.882 bits per heavy atom. The second-order valence-electron chi connectivity index (χ2n) is 5.15. The summed E-state index contributed by atoms with van der Waals surface area (Å²) in [6.45, 7) is 5.24. The van der Waals surface area contributed by atoms with Crippen LogP contribution in [0.1, 0.15) is 38.5 Å². The van der Waals surface area contributed by atoms with E-state index in [4.69, 9.17) is 0 Å². The molecule has 0 saturated carbocycles. The SMILES string of the molecule is O=C(/C=C/CN1CCCC1)N1CCCCCC1. The number of rotatable bonds is 3. The van der Waals surface area contributed by atoms with E-state index in [0.29, 0.717) is 0 Å². The lowest BCUT2D eigenvalue weighted by Gasteiger charge is -2.18. The van der Waals surface area contributed by atoms with Gasteiger partial charge in [0.25, 0.3) is 0 Å². The zero-order chi connectivity index (χ0) is 11.9. The molecule has 2 fully saturated rings. The molecule has 3 nitrogen and oxygen atoms in total. The zero-order valence-corrected chi connectivity index (χ0v) is 10.7. The highest BCUT2D eigenvalue weighted by Gasteiger charge is 2.13. The van der Waals surface area contributed by atoms with Crippen molar-refractivity contribution in [1.82, 2.24) is 9.80 Å². The Morgan fingerprint density at radius 3 is 2.12 bits per heavy atom. The molecule has 2 saturated heterocycles. The van der Waals surface area contributed by atoms with Gasteiger partial charge in [-0.2, -0.15) is 0 Å². The predicted octanol–water partition coefficient (Wildman–Crippen LogP) is 2.04. The summed E-state index contributed by atoms with van der Waals surface area (Å²) in [6, 6.07) is 0. The van der Waals surface area contributed by atoms with Crippen LogP contribution in [0.15, 0.2) is 12.2 Å². The maximum atomic E-state index is 11.9. The third-order valence-electron chi connectivity index (χ3n) is 3.74. The fraction of sp³-hybridized carbons (Fsp3) is 0.786. The monoisotopic (exact) mass is 236 g/mol. The van der Waals surface area contributed by atoms with E-state index < -0.39 is 0 Å². The van der Waals surface area contributed by atoms with E-state index in [1.807, 2.05) is 11.0 Å². The van der Waals surface area contributed by atoms with E-state index in [1.165, 1.54) is 51.6 Å². The Morgan fingerprint density at radius 2 is 1.47 bits per heavy atom. The lowest BCUT2D eigenvalue weighted by molar-refractivity contribution is -0.126. The van der Waals surface area contributed by atoms with Gasteiger partial charge in [-0.15, -0.1) is 0 Å². The number of carbonyl (C=O) groups excluding carboxylic acids is 1. The third-order valence-corrected chi connectivity index (χ3v) is 3.74. The van der Waals surface area contributed by atoms with Gasteiger partial charge in [-0.25, -0.2) is 0 Å². The molecule has 0 radical (unpaired) electrons. The Labute approximate surface area is 104 Å². The van der Waals surface area contributed by atoms with Gasteiger partial charge in [0.1, 0.15) is 0 Å². The van der Waals surface area contributed by atoms with Crippen LogP contribution in [0.3, 0.4) is 0 Å². The van der Waals surface area contributed by atoms with Crippen molar-refractivity contribution in [3.63, 3.8) is 0 Å². The zero-order valence-electron chi connectivity index (χ0n) is 10.7. The van der Waals surface area contributed by atoms with Crippen molar-refractivity contribution in [3.05, 3.63) is 12.2 Å². The smallest absolute Gasteiger partial charge is 0.246 e. The van der Waals surface area contributed by atoms with E-state index in [-0.39, 0.29) is 5.91 Å². The predicted molar refractivity (Wildman–Crippen MR) is 69.9 cm³/mol. The molecule has 2 aliphatic rings. The Bertz CT molecular complexity index is 261. The van der Waals surface area contributed by atoms with Crippen molar-refractivity contribution in [3.8, 4) is 0 Å². The van der Waals surface area contributed by atoms with Crippen molar-refractivity contribution in [1.29, 1.82) is 0 Å². The molecule has 0 unspecified atom stereocenters. The van der Waals surface area contributed by atoms with Crippen molar-refractivity contribution in [2.75, 3.05) is 32.7 Å². The first-order valence-corrected chi connectivity index (χ1v) is 7.04. The molecule has 2 rings (SSSR count). The molecule has 0 aromatic heterocycles. The van der Waals surface area contributed by atoms with Crippen LogP contribution in [0.25, 0.3) is 0 Å². The fourth-order valence-electron chi connectivity index (χ4n) is 2.66. The number of hydrogen-bond donors (Lipinski definition) is 0. The van der Waals surface area contributed by atoms with Gasteiger partial charge in [-0.05, 0) is 38.8 Å². The van der Waals surface area contributed by atoms with Gasteiger partial charge in [0.2, 0.25) is 5.91 Å². The minimum absolute atomic E-state index is 0.214. The topological polar surface area (TPSA) is 23.6 Å². The fourth-order valence-corrected chi connectivity index (χ4v) is 2.66. The maximum absolute atomic E-state index is 11.9. The highest BCUT2D eigenvalue weighted by molar-refractivity contribution is 5.87. The molecule has 0 bridgehead atoms. The van der Waals surface area contributed by atoms with Gasteiger partial charge in [-0.3, -0.25) is 9.69 Å². The van der Waals surface area contributed by atoms with E-state index in [0.717, 1.165) is 19.6 Å². The molecule has 17 heavy (non-hydrogen) atoms. The van der Waals surface area contributed by atoms with Crippen LogP contribution in [-0.2, 0) is 4.79 Å². The molecule has 1 amide bonds. The largest absolute Gasteiger partial charge is 0.339 e. The van der Waals surface area contributed by atoms with Crippen LogP contribution in [0.4, 0.5) is 0 Å². The molecular weight excluding hydrogens is 212 g/mol. The first-order chi connectivity index (χ1) is 8.36. The highest BCUT2D eigenvalue weighted by Crippen LogP contribution is 2.10. The second kappa shape index (κ2) is 6.80. The van der Waals surface area contributed by atoms with Gasteiger partial charge in [0, 0.05) is 25.7 Å². The van der Waals surface area contributed by atoms with Gasteiger partial charge in [0.05, 0.1) is 0 Å². The van der Waals surface area contributed by atoms with Crippen LogP contribution in [0.2, 0.25) is 0 Å². The summed E-state index contributed by atoms with van der Waals surface area (Å²) in [5.74, 6) is 0.214. The summed E-state index contributed by atoms with van der Waals surface area (Å²) >= 11 is 0. The first-order valence-electron chi connectivity index (χ1n) is 7.04. The highest BCUT2D eigenvalue weighted by atomic mass is 16.2. The lowest BCUT2D eigenvalue weighted by atomic mass is 10.2. The maximum Gasteiger partial charge on any atom is 0.246 e. The molecule has 2 heterocycles. The number of carbonyl (C=O) groups is 1. The van der Waals surface area contributed by atoms with E-state index in [1.54, 1.807) is 6.08 Å². The summed E-state index contributed by atoms with van der Waals surface area (Å²) in [4.78, 5) is 16.4. The Hall–Kier alpha value is -0.830. The van der Waals surface area contributed by atoms with Gasteiger partial charge < -0.3 is 4.90 Å². The first kappa shape index (κ1) is 12.6. The second-order valence-corrected chi connectivity index (χ2v) is 5.15. The minimum Gasteiger partial charge on any atom is -0.339 e. The molecule has 3 heteroatoms. The quantitative estimate of drug-likeness (QED) is 0.700. The van der Waals surface area contributed by atoms with Crippen LogP contribution in [0, 0.1) is 0 Å². The van der Waals surface area contributed by atoms with Gasteiger partial charge in [0.15, 0.2) is 0 Å². The van der Waals surface area contributed by atoms with E-state index in [2.05, 4.69) is 4.90 Å². The molecule has 2 aliphatic heterocycles. The van der Waals surface area contributed by atoms with Crippen LogP contribution in [-0.4, -0.2) is 48.4 Å². The van der Waals surface area contributed by atoms with Crippen LogP contribution >= 0.6 is 0 Å². The summed E-state index contributed by atoms with van der Waals surface area (Å²) in [6.07, 6.45) is 11.4. The Balaban J connectivity index is 1.72. The molecule has 0 aliphatic carbocycles. The summed E-state index contributed by atoms with van der Waals surface area (Å²) < 4.78 is 0. The van der Waals surface area contributed by atoms with E-state index in [9.17, 15) is 4.79 Å². The third kappa shape index (κ3) is 4.15. The standard InChI is InChI=1S/C14H24N2O/c17-14(16-12-3-1-2-4-13-16)8-7-11-15-9-5-6-10-15/h7-8H,1-6,9-13H2/b8-7+. The molecule has 0 N–H and O–H groups in total. The molecular formula is C14H24N2O. The summed E-state index contributed by atoms with van der Waals surface area (Å²) in [7, 11) is 0. The van der Waals surface area contributed by atoms with Crippen molar-refractivity contribution in [2.45, 2.75) is 38.5 Å². The molecule has 0 spiro atoms. The summed E-state index contributed by atoms with van der Waals surface area (Å²) in [5.41, 5.74) is 0.